The number of rotatable bonds is 3. The molecule has 2 aliphatic rings. The molecule has 1 aromatic carbocycles. The summed E-state index contributed by atoms with van der Waals surface area (Å²) in [5, 5.41) is 3.17. The highest BCUT2D eigenvalue weighted by Crippen LogP contribution is 2.31. The number of benzene rings is 1. The Morgan fingerprint density at radius 2 is 1.62 bits per heavy atom. The predicted octanol–water partition coefficient (Wildman–Crippen LogP) is 2.04. The van der Waals surface area contributed by atoms with E-state index in [1.165, 1.54) is 12.1 Å². The largest absolute Gasteiger partial charge is 0.444 e. The molecule has 0 radical (unpaired) electrons. The van der Waals surface area contributed by atoms with E-state index in [-0.39, 0.29) is 17.2 Å². The van der Waals surface area contributed by atoms with Crippen molar-refractivity contribution in [3.05, 3.63) is 35.4 Å². The van der Waals surface area contributed by atoms with Crippen LogP contribution >= 0.6 is 0 Å². The number of ether oxygens (including phenoxy) is 1. The smallest absolute Gasteiger partial charge is 0.407 e. The fourth-order valence-electron chi connectivity index (χ4n) is 2.82. The molecular weight excluding hydrogens is 340 g/mol. The molecule has 0 aromatic heterocycles. The van der Waals surface area contributed by atoms with Crippen molar-refractivity contribution in [2.45, 2.75) is 45.3 Å². The number of hydrogen-bond acceptors (Lipinski definition) is 6. The van der Waals surface area contributed by atoms with Gasteiger partial charge in [0.25, 0.3) is 11.8 Å². The molecule has 8 heteroatoms. The molecule has 26 heavy (non-hydrogen) atoms. The summed E-state index contributed by atoms with van der Waals surface area (Å²) in [6, 6.07) is 6.08. The third-order valence-electron chi connectivity index (χ3n) is 4.13. The highest BCUT2D eigenvalue weighted by Gasteiger charge is 2.43. The first-order valence-corrected chi connectivity index (χ1v) is 8.35. The number of amides is 3. The molecule has 3 amide bonds. The molecule has 138 valence electrons. The molecule has 1 saturated carbocycles. The third-order valence-corrected chi connectivity index (χ3v) is 4.13. The molecular formula is C18H20N2O6. The zero-order valence-corrected chi connectivity index (χ0v) is 14.8. The van der Waals surface area contributed by atoms with E-state index in [1.54, 1.807) is 32.9 Å². The lowest BCUT2D eigenvalue weighted by Crippen LogP contribution is -2.49. The minimum absolute atomic E-state index is 0.204. The molecule has 0 saturated heterocycles. The second kappa shape index (κ2) is 6.44. The van der Waals surface area contributed by atoms with Crippen LogP contribution in [0.15, 0.2) is 24.3 Å². The number of fused-ring (bicyclic) bond motifs is 1. The van der Waals surface area contributed by atoms with E-state index in [0.717, 1.165) is 0 Å². The number of hydrogen-bond donors (Lipinski definition) is 1. The van der Waals surface area contributed by atoms with Crippen molar-refractivity contribution in [3.8, 4) is 0 Å². The van der Waals surface area contributed by atoms with Gasteiger partial charge in [-0.1, -0.05) is 17.2 Å². The summed E-state index contributed by atoms with van der Waals surface area (Å²) < 4.78 is 5.15. The number of nitrogens with zero attached hydrogens (tertiary/aromatic N) is 1. The van der Waals surface area contributed by atoms with Crippen molar-refractivity contribution >= 4 is 23.9 Å². The van der Waals surface area contributed by atoms with Gasteiger partial charge in [0.05, 0.1) is 17.0 Å². The number of hydroxylamine groups is 2. The normalized spacial score (nSPS) is 21.7. The maximum Gasteiger partial charge on any atom is 0.407 e. The number of imide groups is 1. The van der Waals surface area contributed by atoms with Crippen LogP contribution in [0.25, 0.3) is 0 Å². The van der Waals surface area contributed by atoms with Crippen LogP contribution in [0.4, 0.5) is 4.79 Å². The van der Waals surface area contributed by atoms with Crippen molar-refractivity contribution in [2.24, 2.45) is 5.92 Å². The van der Waals surface area contributed by atoms with Crippen LogP contribution in [0, 0.1) is 5.92 Å². The Kier molecular flexibility index (Phi) is 4.43. The van der Waals surface area contributed by atoms with Crippen LogP contribution in [0.5, 0.6) is 0 Å². The zero-order chi connectivity index (χ0) is 19.1. The van der Waals surface area contributed by atoms with E-state index in [1.807, 2.05) is 0 Å². The standard InChI is InChI=1S/C18H20N2O6/c1-18(2,3)25-17(24)19-11-8-10(9-11)16(23)26-20-14(21)12-6-4-5-7-13(12)15(20)22/h4-7,10-11H,8-9H2,1-3H3,(H,19,24). The van der Waals surface area contributed by atoms with Crippen LogP contribution < -0.4 is 5.32 Å². The van der Waals surface area contributed by atoms with Gasteiger partial charge in [0.15, 0.2) is 0 Å². The Bertz CT molecular complexity index is 741. The molecule has 3 rings (SSSR count). The Morgan fingerprint density at radius 1 is 1.08 bits per heavy atom. The first-order valence-electron chi connectivity index (χ1n) is 8.35. The zero-order valence-electron chi connectivity index (χ0n) is 14.8. The monoisotopic (exact) mass is 360 g/mol. The fourth-order valence-corrected chi connectivity index (χ4v) is 2.82. The first-order chi connectivity index (χ1) is 12.2. The van der Waals surface area contributed by atoms with Gasteiger partial charge in [0.1, 0.15) is 5.60 Å². The van der Waals surface area contributed by atoms with Gasteiger partial charge in [-0.2, -0.15) is 0 Å². The van der Waals surface area contributed by atoms with Crippen molar-refractivity contribution in [1.29, 1.82) is 0 Å². The number of carbonyl (C=O) groups excluding carboxylic acids is 4. The molecule has 0 unspecified atom stereocenters. The summed E-state index contributed by atoms with van der Waals surface area (Å²) in [6.07, 6.45) is 0.178. The summed E-state index contributed by atoms with van der Waals surface area (Å²) in [6.45, 7) is 5.28. The number of alkyl carbamates (subject to hydrolysis) is 1. The second-order valence-electron chi connectivity index (χ2n) is 7.37. The van der Waals surface area contributed by atoms with E-state index < -0.39 is 35.4 Å². The van der Waals surface area contributed by atoms with Gasteiger partial charge in [0.2, 0.25) is 0 Å². The SMILES string of the molecule is CC(C)(C)OC(=O)NC1CC(C(=O)ON2C(=O)c3ccccc3C2=O)C1. The molecule has 1 aliphatic carbocycles. The van der Waals surface area contributed by atoms with Crippen LogP contribution in [0.3, 0.4) is 0 Å². The van der Waals surface area contributed by atoms with Gasteiger partial charge >= 0.3 is 12.1 Å². The van der Waals surface area contributed by atoms with Crippen molar-refractivity contribution in [1.82, 2.24) is 10.4 Å². The van der Waals surface area contributed by atoms with E-state index in [4.69, 9.17) is 9.57 Å². The van der Waals surface area contributed by atoms with Crippen molar-refractivity contribution in [3.63, 3.8) is 0 Å². The van der Waals surface area contributed by atoms with Gasteiger partial charge in [-0.15, -0.1) is 0 Å². The molecule has 0 bridgehead atoms. The third kappa shape index (κ3) is 3.54. The first kappa shape index (κ1) is 17.9. The molecule has 0 atom stereocenters. The molecule has 1 aliphatic heterocycles. The molecule has 8 nitrogen and oxygen atoms in total. The van der Waals surface area contributed by atoms with Crippen LogP contribution in [-0.4, -0.2) is 40.6 Å². The van der Waals surface area contributed by atoms with Gasteiger partial charge in [-0.25, -0.2) is 9.59 Å². The highest BCUT2D eigenvalue weighted by molar-refractivity contribution is 6.20. The molecule has 0 spiro atoms. The van der Waals surface area contributed by atoms with Gasteiger partial charge in [-0.3, -0.25) is 9.59 Å². The minimum atomic E-state index is -0.665. The highest BCUT2D eigenvalue weighted by atomic mass is 16.7. The van der Waals surface area contributed by atoms with E-state index in [0.29, 0.717) is 17.9 Å². The fraction of sp³-hybridized carbons (Fsp3) is 0.444. The number of nitrogens with one attached hydrogen (secondary N) is 1. The summed E-state index contributed by atoms with van der Waals surface area (Å²) >= 11 is 0. The number of carbonyl (C=O) groups is 4. The molecule has 1 heterocycles. The topological polar surface area (TPSA) is 102 Å². The van der Waals surface area contributed by atoms with Gasteiger partial charge in [-0.05, 0) is 45.7 Å². The lowest BCUT2D eigenvalue weighted by atomic mass is 9.80. The van der Waals surface area contributed by atoms with Gasteiger partial charge in [0, 0.05) is 6.04 Å². The van der Waals surface area contributed by atoms with Crippen LogP contribution in [-0.2, 0) is 14.4 Å². The van der Waals surface area contributed by atoms with Crippen LogP contribution in [0.2, 0.25) is 0 Å². The second-order valence-corrected chi connectivity index (χ2v) is 7.37. The Balaban J connectivity index is 1.50. The average molecular weight is 360 g/mol. The Labute approximate surface area is 150 Å². The lowest BCUT2D eigenvalue weighted by molar-refractivity contribution is -0.177. The lowest BCUT2D eigenvalue weighted by Gasteiger charge is -2.34. The van der Waals surface area contributed by atoms with E-state index in [2.05, 4.69) is 5.32 Å². The minimum Gasteiger partial charge on any atom is -0.444 e. The molecule has 1 N–H and O–H groups in total. The molecule has 1 fully saturated rings. The maximum atomic E-state index is 12.2. The maximum absolute atomic E-state index is 12.2. The molecule has 1 aromatic rings. The Hall–Kier alpha value is -2.90. The van der Waals surface area contributed by atoms with Crippen LogP contribution in [0.1, 0.15) is 54.3 Å². The van der Waals surface area contributed by atoms with E-state index >= 15 is 0 Å². The average Bonchev–Trinajstić information content (AvgIpc) is 2.74. The predicted molar refractivity (Wildman–Crippen MR) is 88.9 cm³/mol. The quantitative estimate of drug-likeness (QED) is 0.828. The van der Waals surface area contributed by atoms with Gasteiger partial charge < -0.3 is 14.9 Å². The van der Waals surface area contributed by atoms with Crippen molar-refractivity contribution < 1.29 is 28.8 Å². The summed E-state index contributed by atoms with van der Waals surface area (Å²) in [5.41, 5.74) is -0.177. The van der Waals surface area contributed by atoms with Crippen molar-refractivity contribution in [2.75, 3.05) is 0 Å². The summed E-state index contributed by atoms with van der Waals surface area (Å²) in [7, 11) is 0. The Morgan fingerprint density at radius 3 is 2.12 bits per heavy atom. The summed E-state index contributed by atoms with van der Waals surface area (Å²) in [4.78, 5) is 53.2. The summed E-state index contributed by atoms with van der Waals surface area (Å²) in [5.74, 6) is -2.45. The van der Waals surface area contributed by atoms with E-state index in [9.17, 15) is 19.2 Å².